The van der Waals surface area contributed by atoms with E-state index in [1.54, 1.807) is 0 Å². The van der Waals surface area contributed by atoms with Gasteiger partial charge in [-0.2, -0.15) is 0 Å². The van der Waals surface area contributed by atoms with Crippen LogP contribution in [0.3, 0.4) is 0 Å². The van der Waals surface area contributed by atoms with Crippen LogP contribution in [0, 0.1) is 0 Å². The van der Waals surface area contributed by atoms with Crippen molar-refractivity contribution in [1.82, 2.24) is 0 Å². The molecule has 0 N–H and O–H groups in total. The maximum atomic E-state index is 5.53. The van der Waals surface area contributed by atoms with E-state index < -0.39 is 0 Å². The van der Waals surface area contributed by atoms with Crippen LogP contribution in [0.4, 0.5) is 0 Å². The molecule has 0 bridgehead atoms. The molecule has 0 heterocycles. The smallest absolute Gasteiger partial charge is 0.0701 e. The Balaban J connectivity index is 2.89. The molecule has 0 saturated carbocycles. The zero-order valence-electron chi connectivity index (χ0n) is 13.8. The van der Waals surface area contributed by atoms with Gasteiger partial charge in [0, 0.05) is 13.2 Å². The molecule has 0 aromatic heterocycles. The minimum atomic E-state index is 0.676. The molecule has 3 nitrogen and oxygen atoms in total. The lowest BCUT2D eigenvalue weighted by Crippen LogP contribution is -2.09. The summed E-state index contributed by atoms with van der Waals surface area (Å²) in [6.07, 6.45) is 12.2. The highest BCUT2D eigenvalue weighted by Gasteiger charge is 1.93. The highest BCUT2D eigenvalue weighted by Crippen LogP contribution is 2.09. The first kappa shape index (κ1) is 19.9. The van der Waals surface area contributed by atoms with Gasteiger partial charge in [0.15, 0.2) is 0 Å². The van der Waals surface area contributed by atoms with Gasteiger partial charge in [-0.05, 0) is 13.3 Å². The Bertz CT molecular complexity index is 144. The van der Waals surface area contributed by atoms with Crippen LogP contribution in [0.1, 0.15) is 71.6 Å². The molecule has 0 aromatic carbocycles. The van der Waals surface area contributed by atoms with E-state index in [1.807, 2.05) is 6.92 Å². The van der Waals surface area contributed by atoms with Crippen LogP contribution in [0.5, 0.6) is 0 Å². The van der Waals surface area contributed by atoms with Gasteiger partial charge < -0.3 is 14.2 Å². The van der Waals surface area contributed by atoms with Crippen LogP contribution in [0.25, 0.3) is 0 Å². The van der Waals surface area contributed by atoms with Gasteiger partial charge in [0.05, 0.1) is 26.4 Å². The minimum Gasteiger partial charge on any atom is -0.379 e. The second-order valence-electron chi connectivity index (χ2n) is 5.25. The van der Waals surface area contributed by atoms with E-state index in [0.29, 0.717) is 26.4 Å². The summed E-state index contributed by atoms with van der Waals surface area (Å²) >= 11 is 0. The van der Waals surface area contributed by atoms with E-state index >= 15 is 0 Å². The molecule has 0 unspecified atom stereocenters. The zero-order chi connectivity index (χ0) is 14.7. The van der Waals surface area contributed by atoms with Crippen molar-refractivity contribution in [2.24, 2.45) is 0 Å². The third-order valence-corrected chi connectivity index (χ3v) is 3.34. The van der Waals surface area contributed by atoms with Crippen molar-refractivity contribution < 1.29 is 14.2 Å². The molecule has 3 heteroatoms. The van der Waals surface area contributed by atoms with E-state index in [0.717, 1.165) is 13.2 Å². The average molecular weight is 288 g/mol. The molecule has 0 aliphatic carbocycles. The Morgan fingerprint density at radius 3 is 1.45 bits per heavy atom. The lowest BCUT2D eigenvalue weighted by Gasteiger charge is -2.06. The molecule has 122 valence electrons. The highest BCUT2D eigenvalue weighted by molar-refractivity contribution is 4.46. The molecule has 0 aromatic rings. The van der Waals surface area contributed by atoms with Crippen LogP contribution in [0.2, 0.25) is 0 Å². The predicted molar refractivity (Wildman–Crippen MR) is 85.4 cm³/mol. The quantitative estimate of drug-likeness (QED) is 0.366. The largest absolute Gasteiger partial charge is 0.379 e. The summed E-state index contributed by atoms with van der Waals surface area (Å²) in [5, 5.41) is 0. The highest BCUT2D eigenvalue weighted by atomic mass is 16.5. The Hall–Kier alpha value is -0.120. The molecule has 0 rings (SSSR count). The van der Waals surface area contributed by atoms with Gasteiger partial charge in [0.25, 0.3) is 0 Å². The summed E-state index contributed by atoms with van der Waals surface area (Å²) in [6, 6.07) is 0. The van der Waals surface area contributed by atoms with Crippen molar-refractivity contribution in [1.29, 1.82) is 0 Å². The van der Waals surface area contributed by atoms with Crippen LogP contribution >= 0.6 is 0 Å². The molecular formula is C17H36O3. The molecule has 0 radical (unpaired) electrons. The molecule has 0 saturated heterocycles. The molecule has 0 aliphatic rings. The van der Waals surface area contributed by atoms with Crippen molar-refractivity contribution in [3.05, 3.63) is 0 Å². The van der Waals surface area contributed by atoms with E-state index in [-0.39, 0.29) is 0 Å². The first-order chi connectivity index (χ1) is 9.91. The van der Waals surface area contributed by atoms with E-state index in [1.165, 1.54) is 57.8 Å². The minimum absolute atomic E-state index is 0.676. The summed E-state index contributed by atoms with van der Waals surface area (Å²) < 4.78 is 16.1. The monoisotopic (exact) mass is 288 g/mol. The third kappa shape index (κ3) is 17.9. The number of hydrogen-bond donors (Lipinski definition) is 0. The Kier molecular flexibility index (Phi) is 18.8. The fourth-order valence-electron chi connectivity index (χ4n) is 2.10. The lowest BCUT2D eigenvalue weighted by molar-refractivity contribution is 0.0162. The number of hydrogen-bond acceptors (Lipinski definition) is 3. The molecule has 20 heavy (non-hydrogen) atoms. The predicted octanol–water partition coefficient (Wildman–Crippen LogP) is 4.59. The maximum Gasteiger partial charge on any atom is 0.0701 e. The summed E-state index contributed by atoms with van der Waals surface area (Å²) in [7, 11) is 0. The van der Waals surface area contributed by atoms with E-state index in [9.17, 15) is 0 Å². The van der Waals surface area contributed by atoms with Crippen molar-refractivity contribution in [3.63, 3.8) is 0 Å². The summed E-state index contributed by atoms with van der Waals surface area (Å²) in [5.41, 5.74) is 0. The normalized spacial score (nSPS) is 11.1. The molecule has 0 atom stereocenters. The van der Waals surface area contributed by atoms with Gasteiger partial charge in [-0.15, -0.1) is 0 Å². The molecule has 0 fully saturated rings. The standard InChI is InChI=1S/C17H36O3/c1-3-5-6-7-8-9-10-11-12-13-19-16-17-20-15-14-18-4-2/h3-17H2,1-2H3. The summed E-state index contributed by atoms with van der Waals surface area (Å²) in [4.78, 5) is 0. The lowest BCUT2D eigenvalue weighted by atomic mass is 10.1. The van der Waals surface area contributed by atoms with Gasteiger partial charge in [-0.25, -0.2) is 0 Å². The fourth-order valence-corrected chi connectivity index (χ4v) is 2.10. The van der Waals surface area contributed by atoms with Gasteiger partial charge in [-0.3, -0.25) is 0 Å². The summed E-state index contributed by atoms with van der Waals surface area (Å²) in [6.45, 7) is 8.67. The summed E-state index contributed by atoms with van der Waals surface area (Å²) in [5.74, 6) is 0. The first-order valence-electron chi connectivity index (χ1n) is 8.65. The second kappa shape index (κ2) is 18.9. The second-order valence-corrected chi connectivity index (χ2v) is 5.25. The van der Waals surface area contributed by atoms with Crippen molar-refractivity contribution in [2.45, 2.75) is 71.6 Å². The average Bonchev–Trinajstić information content (AvgIpc) is 2.47. The van der Waals surface area contributed by atoms with Crippen molar-refractivity contribution >= 4 is 0 Å². The van der Waals surface area contributed by atoms with Crippen LogP contribution < -0.4 is 0 Å². The van der Waals surface area contributed by atoms with Gasteiger partial charge in [-0.1, -0.05) is 58.3 Å². The molecular weight excluding hydrogens is 252 g/mol. The van der Waals surface area contributed by atoms with Crippen molar-refractivity contribution in [3.8, 4) is 0 Å². The van der Waals surface area contributed by atoms with Crippen LogP contribution in [-0.2, 0) is 14.2 Å². The molecule has 0 spiro atoms. The molecule has 0 amide bonds. The number of ether oxygens (including phenoxy) is 3. The fraction of sp³-hybridized carbons (Fsp3) is 1.00. The van der Waals surface area contributed by atoms with Crippen molar-refractivity contribution in [2.75, 3.05) is 39.6 Å². The van der Waals surface area contributed by atoms with Gasteiger partial charge in [0.2, 0.25) is 0 Å². The van der Waals surface area contributed by atoms with Crippen LogP contribution in [-0.4, -0.2) is 39.6 Å². The number of rotatable bonds is 17. The Morgan fingerprint density at radius 2 is 0.900 bits per heavy atom. The van der Waals surface area contributed by atoms with E-state index in [2.05, 4.69) is 6.92 Å². The van der Waals surface area contributed by atoms with Gasteiger partial charge in [0.1, 0.15) is 0 Å². The molecule has 0 aliphatic heterocycles. The third-order valence-electron chi connectivity index (χ3n) is 3.34. The van der Waals surface area contributed by atoms with E-state index in [4.69, 9.17) is 14.2 Å². The topological polar surface area (TPSA) is 27.7 Å². The number of unbranched alkanes of at least 4 members (excludes halogenated alkanes) is 8. The zero-order valence-corrected chi connectivity index (χ0v) is 13.8. The first-order valence-corrected chi connectivity index (χ1v) is 8.65. The van der Waals surface area contributed by atoms with Gasteiger partial charge >= 0.3 is 0 Å². The Labute approximate surface area is 126 Å². The van der Waals surface area contributed by atoms with Crippen LogP contribution in [0.15, 0.2) is 0 Å². The maximum absolute atomic E-state index is 5.53. The SMILES string of the molecule is CCCCCCCCCCCOCCOCCOCC. The Morgan fingerprint density at radius 1 is 0.450 bits per heavy atom.